The summed E-state index contributed by atoms with van der Waals surface area (Å²) in [5.41, 5.74) is -1.40. The number of carbonyl (C=O) groups is 2. The Bertz CT molecular complexity index is 781. The van der Waals surface area contributed by atoms with Gasteiger partial charge in [0.05, 0.1) is 6.61 Å². The molecule has 0 aromatic carbocycles. The Kier molecular flexibility index (Phi) is 9.04. The van der Waals surface area contributed by atoms with Gasteiger partial charge >= 0.3 is 11.9 Å². The Hall–Kier alpha value is -1.30. The van der Waals surface area contributed by atoms with Crippen LogP contribution in [0.2, 0.25) is 0 Å². The van der Waals surface area contributed by atoms with Crippen LogP contribution >= 0.6 is 0 Å². The fourth-order valence-electron chi connectivity index (χ4n) is 4.62. The van der Waals surface area contributed by atoms with Crippen molar-refractivity contribution in [2.24, 2.45) is 5.92 Å². The topological polar surface area (TPSA) is 108 Å². The van der Waals surface area contributed by atoms with E-state index in [1.54, 1.807) is 41.5 Å². The molecule has 5 atom stereocenters. The SMILES string of the molecule is CC(C)(C)OC(=O)C(CCCCO[C@@H]1[C@H]2OC(C)(C)O[C@H]2O[C@@H]1[C@H]1COC(C)(C)O1)C(=O)OC(C)(C)C. The summed E-state index contributed by atoms with van der Waals surface area (Å²) in [6, 6.07) is 0. The minimum absolute atomic E-state index is 0.296. The summed E-state index contributed by atoms with van der Waals surface area (Å²) in [4.78, 5) is 25.5. The first-order valence-electron chi connectivity index (χ1n) is 13.3. The van der Waals surface area contributed by atoms with E-state index in [9.17, 15) is 9.59 Å². The van der Waals surface area contributed by atoms with E-state index in [1.807, 2.05) is 27.7 Å². The van der Waals surface area contributed by atoms with Gasteiger partial charge in [-0.05, 0) is 88.5 Å². The quantitative estimate of drug-likeness (QED) is 0.248. The molecule has 0 radical (unpaired) electrons. The zero-order chi connectivity index (χ0) is 27.8. The fraction of sp³-hybridized carbons (Fsp3) is 0.926. The van der Waals surface area contributed by atoms with Crippen LogP contribution in [0.4, 0.5) is 0 Å². The Morgan fingerprint density at radius 2 is 1.43 bits per heavy atom. The van der Waals surface area contributed by atoms with Gasteiger partial charge in [0.1, 0.15) is 35.6 Å². The van der Waals surface area contributed by atoms with E-state index in [-0.39, 0.29) is 6.10 Å². The molecule has 214 valence electrons. The van der Waals surface area contributed by atoms with E-state index in [1.165, 1.54) is 0 Å². The first-order valence-corrected chi connectivity index (χ1v) is 13.3. The highest BCUT2D eigenvalue weighted by atomic mass is 16.8. The smallest absolute Gasteiger partial charge is 0.320 e. The van der Waals surface area contributed by atoms with Gasteiger partial charge in [0.25, 0.3) is 0 Å². The van der Waals surface area contributed by atoms with Gasteiger partial charge in [0.15, 0.2) is 23.8 Å². The number of ether oxygens (including phenoxy) is 8. The average Bonchev–Trinajstić information content (AvgIpc) is 3.30. The lowest BCUT2D eigenvalue weighted by atomic mass is 10.0. The third kappa shape index (κ3) is 8.60. The zero-order valence-corrected chi connectivity index (χ0v) is 24.1. The molecule has 0 amide bonds. The lowest BCUT2D eigenvalue weighted by Gasteiger charge is -2.29. The van der Waals surface area contributed by atoms with Crippen LogP contribution in [0, 0.1) is 5.92 Å². The maximum absolute atomic E-state index is 12.8. The van der Waals surface area contributed by atoms with E-state index in [4.69, 9.17) is 37.9 Å². The number of fused-ring (bicyclic) bond motifs is 1. The molecule has 10 nitrogen and oxygen atoms in total. The van der Waals surface area contributed by atoms with Gasteiger partial charge in [-0.1, -0.05) is 0 Å². The predicted molar refractivity (Wildman–Crippen MR) is 132 cm³/mol. The molecule has 3 aliphatic heterocycles. The molecule has 0 saturated carbocycles. The molecule has 3 aliphatic rings. The first kappa shape index (κ1) is 30.2. The van der Waals surface area contributed by atoms with Gasteiger partial charge in [0, 0.05) is 6.61 Å². The standard InChI is InChI=1S/C27H46O10/c1-24(2,3)35-21(28)16(22(29)36-25(4,5)6)13-11-12-14-30-19-18(17-15-31-26(7,8)33-17)32-23-20(19)34-27(9,10)37-23/h16-20,23H,11-15H2,1-10H3/t17-,18-,19+,20-,23-/m1/s1. The number of unbranched alkanes of at least 4 members (excludes halogenated alkanes) is 1. The third-order valence-corrected chi connectivity index (χ3v) is 6.00. The minimum atomic E-state index is -0.996. The highest BCUT2D eigenvalue weighted by Crippen LogP contribution is 2.42. The Morgan fingerprint density at radius 1 is 0.838 bits per heavy atom. The van der Waals surface area contributed by atoms with E-state index < -0.39 is 65.2 Å². The predicted octanol–water partition coefficient (Wildman–Crippen LogP) is 3.87. The second-order valence-electron chi connectivity index (χ2n) is 12.9. The summed E-state index contributed by atoms with van der Waals surface area (Å²) in [7, 11) is 0. The maximum atomic E-state index is 12.8. The lowest BCUT2D eigenvalue weighted by molar-refractivity contribution is -0.236. The third-order valence-electron chi connectivity index (χ3n) is 6.00. The fourth-order valence-corrected chi connectivity index (χ4v) is 4.62. The number of hydrogen-bond acceptors (Lipinski definition) is 10. The van der Waals surface area contributed by atoms with Crippen molar-refractivity contribution in [3.8, 4) is 0 Å². The average molecular weight is 531 g/mol. The van der Waals surface area contributed by atoms with Crippen LogP contribution in [0.5, 0.6) is 0 Å². The van der Waals surface area contributed by atoms with Gasteiger partial charge in [-0.3, -0.25) is 9.59 Å². The second-order valence-corrected chi connectivity index (χ2v) is 12.9. The van der Waals surface area contributed by atoms with Gasteiger partial charge < -0.3 is 37.9 Å². The Morgan fingerprint density at radius 3 is 1.95 bits per heavy atom. The minimum Gasteiger partial charge on any atom is -0.459 e. The molecular weight excluding hydrogens is 484 g/mol. The molecule has 3 saturated heterocycles. The molecule has 10 heteroatoms. The van der Waals surface area contributed by atoms with Crippen molar-refractivity contribution in [1.29, 1.82) is 0 Å². The van der Waals surface area contributed by atoms with Crippen molar-refractivity contribution in [3.05, 3.63) is 0 Å². The summed E-state index contributed by atoms with van der Waals surface area (Å²) in [6.45, 7) is 18.8. The normalized spacial score (nSPS) is 30.9. The summed E-state index contributed by atoms with van der Waals surface area (Å²) in [5.74, 6) is -3.62. The highest BCUT2D eigenvalue weighted by Gasteiger charge is 2.58. The van der Waals surface area contributed by atoms with Crippen molar-refractivity contribution >= 4 is 11.9 Å². The van der Waals surface area contributed by atoms with E-state index in [0.29, 0.717) is 32.5 Å². The Labute approximate surface area is 220 Å². The number of carbonyl (C=O) groups excluding carboxylic acids is 2. The van der Waals surface area contributed by atoms with Crippen LogP contribution < -0.4 is 0 Å². The monoisotopic (exact) mass is 530 g/mol. The molecule has 0 aliphatic carbocycles. The number of hydrogen-bond donors (Lipinski definition) is 0. The van der Waals surface area contributed by atoms with Gasteiger partial charge in [-0.15, -0.1) is 0 Å². The molecule has 0 bridgehead atoms. The highest BCUT2D eigenvalue weighted by molar-refractivity contribution is 5.95. The summed E-state index contributed by atoms with van der Waals surface area (Å²) >= 11 is 0. The molecule has 37 heavy (non-hydrogen) atoms. The van der Waals surface area contributed by atoms with Crippen molar-refractivity contribution in [2.75, 3.05) is 13.2 Å². The molecule has 0 N–H and O–H groups in total. The Balaban J connectivity index is 1.57. The lowest BCUT2D eigenvalue weighted by Crippen LogP contribution is -2.44. The van der Waals surface area contributed by atoms with Crippen LogP contribution in [0.1, 0.15) is 88.5 Å². The van der Waals surface area contributed by atoms with Gasteiger partial charge in [-0.2, -0.15) is 0 Å². The molecule has 0 unspecified atom stereocenters. The number of rotatable bonds is 9. The van der Waals surface area contributed by atoms with Crippen molar-refractivity contribution < 1.29 is 47.5 Å². The summed E-state index contributed by atoms with van der Waals surface area (Å²) < 4.78 is 47.2. The van der Waals surface area contributed by atoms with Crippen LogP contribution in [-0.4, -0.2) is 78.6 Å². The molecule has 0 aromatic heterocycles. The van der Waals surface area contributed by atoms with Crippen molar-refractivity contribution in [2.45, 2.75) is 142 Å². The van der Waals surface area contributed by atoms with Crippen LogP contribution in [-0.2, 0) is 47.5 Å². The second kappa shape index (κ2) is 11.1. The van der Waals surface area contributed by atoms with Gasteiger partial charge in [-0.25, -0.2) is 0 Å². The molecule has 0 spiro atoms. The zero-order valence-electron chi connectivity index (χ0n) is 24.1. The van der Waals surface area contributed by atoms with Gasteiger partial charge in [0.2, 0.25) is 0 Å². The molecular formula is C27H46O10. The van der Waals surface area contributed by atoms with Crippen LogP contribution in [0.15, 0.2) is 0 Å². The first-order chi connectivity index (χ1) is 16.9. The van der Waals surface area contributed by atoms with Crippen molar-refractivity contribution in [1.82, 2.24) is 0 Å². The van der Waals surface area contributed by atoms with Crippen LogP contribution in [0.3, 0.4) is 0 Å². The molecule has 0 aromatic rings. The molecule has 3 heterocycles. The molecule has 3 rings (SSSR count). The largest absolute Gasteiger partial charge is 0.459 e. The molecule has 3 fully saturated rings. The van der Waals surface area contributed by atoms with E-state index >= 15 is 0 Å². The summed E-state index contributed by atoms with van der Waals surface area (Å²) in [6.07, 6.45) is -0.626. The maximum Gasteiger partial charge on any atom is 0.320 e. The van der Waals surface area contributed by atoms with E-state index in [0.717, 1.165) is 0 Å². The summed E-state index contributed by atoms with van der Waals surface area (Å²) in [5, 5.41) is 0. The van der Waals surface area contributed by atoms with Crippen molar-refractivity contribution in [3.63, 3.8) is 0 Å². The van der Waals surface area contributed by atoms with Crippen LogP contribution in [0.25, 0.3) is 0 Å². The van der Waals surface area contributed by atoms with E-state index in [2.05, 4.69) is 0 Å². The number of esters is 2.